The van der Waals surface area contributed by atoms with E-state index < -0.39 is 5.60 Å². The minimum Gasteiger partial charge on any atom is -0.444 e. The Kier molecular flexibility index (Phi) is 4.43. The first kappa shape index (κ1) is 16.7. The van der Waals surface area contributed by atoms with Gasteiger partial charge in [-0.3, -0.25) is 0 Å². The quantitative estimate of drug-likeness (QED) is 0.746. The van der Waals surface area contributed by atoms with Crippen LogP contribution in [-0.2, 0) is 14.3 Å². The number of hydrogen-bond donors (Lipinski definition) is 0. The van der Waals surface area contributed by atoms with E-state index in [9.17, 15) is 9.59 Å². The molecule has 3 fully saturated rings. The molecule has 5 heteroatoms. The summed E-state index contributed by atoms with van der Waals surface area (Å²) in [7, 11) is 0. The topological polar surface area (TPSA) is 55.8 Å². The lowest BCUT2D eigenvalue weighted by Crippen LogP contribution is -2.45. The zero-order valence-corrected chi connectivity index (χ0v) is 14.5. The van der Waals surface area contributed by atoms with E-state index in [0.29, 0.717) is 30.5 Å². The molecule has 3 aliphatic rings. The van der Waals surface area contributed by atoms with Crippen molar-refractivity contribution in [3.8, 4) is 0 Å². The molecule has 0 aromatic rings. The molecule has 1 heterocycles. The second kappa shape index (κ2) is 6.08. The first-order valence-corrected chi connectivity index (χ1v) is 8.88. The molecule has 1 aliphatic heterocycles. The fraction of sp³-hybridized carbons (Fsp3) is 0.889. The van der Waals surface area contributed by atoms with Gasteiger partial charge in [0.2, 0.25) is 0 Å². The molecule has 0 aromatic heterocycles. The van der Waals surface area contributed by atoms with Crippen molar-refractivity contribution in [1.29, 1.82) is 0 Å². The standard InChI is InChI=1S/C18H29NO4/c1-17(2,3)23-16(21)19-7-4-14(5-8-19)22-15-11-18(12-15)10-13(18)6-9-20/h9,13-15H,4-8,10-12H2,1-3H3. The number of hydrogen-bond acceptors (Lipinski definition) is 4. The van der Waals surface area contributed by atoms with Crippen LogP contribution in [0, 0.1) is 11.3 Å². The minimum atomic E-state index is -0.437. The maximum Gasteiger partial charge on any atom is 0.410 e. The lowest BCUT2D eigenvalue weighted by molar-refractivity contribution is -0.112. The van der Waals surface area contributed by atoms with Gasteiger partial charge in [0, 0.05) is 19.5 Å². The number of rotatable bonds is 4. The third kappa shape index (κ3) is 3.87. The van der Waals surface area contributed by atoms with Crippen LogP contribution in [0.1, 0.15) is 59.3 Å². The van der Waals surface area contributed by atoms with E-state index in [-0.39, 0.29) is 12.2 Å². The maximum atomic E-state index is 12.0. The lowest BCUT2D eigenvalue weighted by Gasteiger charge is -2.41. The number of likely N-dealkylation sites (tertiary alicyclic amines) is 1. The summed E-state index contributed by atoms with van der Waals surface area (Å²) in [6, 6.07) is 0. The highest BCUT2D eigenvalue weighted by molar-refractivity contribution is 5.68. The molecule has 1 amide bonds. The number of amides is 1. The van der Waals surface area contributed by atoms with Crippen molar-refractivity contribution in [3.05, 3.63) is 0 Å². The minimum absolute atomic E-state index is 0.215. The van der Waals surface area contributed by atoms with E-state index in [1.165, 1.54) is 6.42 Å². The van der Waals surface area contributed by atoms with Crippen LogP contribution in [0.3, 0.4) is 0 Å². The van der Waals surface area contributed by atoms with Gasteiger partial charge in [0.25, 0.3) is 0 Å². The average Bonchev–Trinajstić information content (AvgIpc) is 3.12. The Bertz CT molecular complexity index is 456. The molecule has 0 radical (unpaired) electrons. The number of nitrogens with zero attached hydrogens (tertiary/aromatic N) is 1. The summed E-state index contributed by atoms with van der Waals surface area (Å²) in [6.45, 7) is 7.10. The predicted octanol–water partition coefficient (Wildman–Crippen LogP) is 3.16. The van der Waals surface area contributed by atoms with Crippen LogP contribution in [0.2, 0.25) is 0 Å². The van der Waals surface area contributed by atoms with Crippen LogP contribution >= 0.6 is 0 Å². The van der Waals surface area contributed by atoms with Crippen LogP contribution in [0.15, 0.2) is 0 Å². The number of piperidine rings is 1. The number of carbonyl (C=O) groups is 2. The van der Waals surface area contributed by atoms with Gasteiger partial charge in [0.15, 0.2) is 0 Å². The predicted molar refractivity (Wildman–Crippen MR) is 86.2 cm³/mol. The number of carbonyl (C=O) groups excluding carboxylic acids is 2. The third-order valence-electron chi connectivity index (χ3n) is 5.49. The molecule has 23 heavy (non-hydrogen) atoms. The summed E-state index contributed by atoms with van der Waals surface area (Å²) in [4.78, 5) is 24.4. The van der Waals surface area contributed by atoms with E-state index in [4.69, 9.17) is 9.47 Å². The van der Waals surface area contributed by atoms with Crippen molar-refractivity contribution < 1.29 is 19.1 Å². The normalized spacial score (nSPS) is 34.1. The van der Waals surface area contributed by atoms with Crippen LogP contribution in [-0.4, -0.2) is 48.2 Å². The van der Waals surface area contributed by atoms with E-state index >= 15 is 0 Å². The van der Waals surface area contributed by atoms with Crippen molar-refractivity contribution in [2.75, 3.05) is 13.1 Å². The summed E-state index contributed by atoms with van der Waals surface area (Å²) in [5.41, 5.74) is 0.00972. The first-order valence-electron chi connectivity index (χ1n) is 8.88. The molecule has 0 bridgehead atoms. The molecule has 1 saturated heterocycles. The first-order chi connectivity index (χ1) is 10.8. The van der Waals surface area contributed by atoms with Crippen LogP contribution in [0.5, 0.6) is 0 Å². The summed E-state index contributed by atoms with van der Waals surface area (Å²) in [5.74, 6) is 0.619. The van der Waals surface area contributed by atoms with Gasteiger partial charge in [-0.05, 0) is 64.2 Å². The lowest BCUT2D eigenvalue weighted by atomic mass is 9.76. The summed E-state index contributed by atoms with van der Waals surface area (Å²) < 4.78 is 11.6. The molecule has 0 aromatic carbocycles. The van der Waals surface area contributed by atoms with Gasteiger partial charge in [0.05, 0.1) is 12.2 Å². The number of aldehydes is 1. The van der Waals surface area contributed by atoms with Gasteiger partial charge in [-0.15, -0.1) is 0 Å². The molecule has 3 rings (SSSR count). The summed E-state index contributed by atoms with van der Waals surface area (Å²) >= 11 is 0. The zero-order valence-electron chi connectivity index (χ0n) is 14.5. The highest BCUT2D eigenvalue weighted by Crippen LogP contribution is 2.67. The van der Waals surface area contributed by atoms with Crippen molar-refractivity contribution in [2.45, 2.75) is 77.1 Å². The molecule has 1 spiro atoms. The highest BCUT2D eigenvalue weighted by atomic mass is 16.6. The largest absolute Gasteiger partial charge is 0.444 e. The van der Waals surface area contributed by atoms with Gasteiger partial charge >= 0.3 is 6.09 Å². The maximum absolute atomic E-state index is 12.0. The highest BCUT2D eigenvalue weighted by Gasteiger charge is 2.61. The van der Waals surface area contributed by atoms with Crippen LogP contribution in [0.25, 0.3) is 0 Å². The van der Waals surface area contributed by atoms with Gasteiger partial charge < -0.3 is 19.2 Å². The fourth-order valence-corrected chi connectivity index (χ4v) is 4.10. The van der Waals surface area contributed by atoms with E-state index in [1.54, 1.807) is 4.90 Å². The number of ether oxygens (including phenoxy) is 2. The van der Waals surface area contributed by atoms with Crippen LogP contribution < -0.4 is 0 Å². The Hall–Kier alpha value is -1.10. The second-order valence-corrected chi connectivity index (χ2v) is 8.50. The van der Waals surface area contributed by atoms with Gasteiger partial charge in [-0.2, -0.15) is 0 Å². The summed E-state index contributed by atoms with van der Waals surface area (Å²) in [5, 5.41) is 0. The van der Waals surface area contributed by atoms with Gasteiger partial charge in [-0.25, -0.2) is 4.79 Å². The average molecular weight is 323 g/mol. The monoisotopic (exact) mass is 323 g/mol. The molecular formula is C18H29NO4. The SMILES string of the molecule is CC(C)(C)OC(=O)N1CCC(OC2CC3(C2)CC3CC=O)CC1. The Morgan fingerprint density at radius 2 is 1.83 bits per heavy atom. The third-order valence-corrected chi connectivity index (χ3v) is 5.49. The molecule has 2 aliphatic carbocycles. The van der Waals surface area contributed by atoms with Gasteiger partial charge in [-0.1, -0.05) is 0 Å². The molecule has 1 unspecified atom stereocenters. The van der Waals surface area contributed by atoms with Crippen LogP contribution in [0.4, 0.5) is 4.79 Å². The zero-order chi connectivity index (χ0) is 16.7. The van der Waals surface area contributed by atoms with Crippen molar-refractivity contribution in [2.24, 2.45) is 11.3 Å². The smallest absolute Gasteiger partial charge is 0.410 e. The second-order valence-electron chi connectivity index (χ2n) is 8.50. The Morgan fingerprint density at radius 1 is 1.17 bits per heavy atom. The van der Waals surface area contributed by atoms with E-state index in [2.05, 4.69) is 0 Å². The molecule has 2 saturated carbocycles. The molecule has 0 N–H and O–H groups in total. The van der Waals surface area contributed by atoms with Gasteiger partial charge in [0.1, 0.15) is 11.9 Å². The van der Waals surface area contributed by atoms with Crippen molar-refractivity contribution in [1.82, 2.24) is 4.90 Å². The van der Waals surface area contributed by atoms with E-state index in [0.717, 1.165) is 38.4 Å². The van der Waals surface area contributed by atoms with E-state index in [1.807, 2.05) is 20.8 Å². The molecule has 130 valence electrons. The van der Waals surface area contributed by atoms with Crippen molar-refractivity contribution >= 4 is 12.4 Å². The Balaban J connectivity index is 1.35. The Morgan fingerprint density at radius 3 is 2.39 bits per heavy atom. The molecule has 5 nitrogen and oxygen atoms in total. The fourth-order valence-electron chi connectivity index (χ4n) is 4.10. The Labute approximate surface area is 138 Å². The molecule has 1 atom stereocenters. The van der Waals surface area contributed by atoms with Crippen molar-refractivity contribution in [3.63, 3.8) is 0 Å². The molecular weight excluding hydrogens is 294 g/mol. The summed E-state index contributed by atoms with van der Waals surface area (Å²) in [6.07, 6.45) is 7.43.